The molecular formula is C14H20FN3. The molecule has 1 aliphatic heterocycles. The standard InChI is InChI=1S/C14H20FN3/c15-11-6-7-13(12(10-11)14(16)17)18-8-4-2-1-3-5-9-18/h6-7,10H,1-5,8-9H2,(H3,16,17). The average molecular weight is 249 g/mol. The van der Waals surface area contributed by atoms with Crippen molar-refractivity contribution in [1.29, 1.82) is 5.41 Å². The topological polar surface area (TPSA) is 53.1 Å². The van der Waals surface area contributed by atoms with Gasteiger partial charge in [0.05, 0.1) is 0 Å². The first-order valence-electron chi connectivity index (χ1n) is 6.57. The lowest BCUT2D eigenvalue weighted by Crippen LogP contribution is -2.29. The molecule has 0 aliphatic carbocycles. The van der Waals surface area contributed by atoms with Gasteiger partial charge < -0.3 is 10.6 Å². The minimum absolute atomic E-state index is 0.0634. The quantitative estimate of drug-likeness (QED) is 0.625. The van der Waals surface area contributed by atoms with Gasteiger partial charge in [-0.25, -0.2) is 4.39 Å². The van der Waals surface area contributed by atoms with Crippen LogP contribution in [0.1, 0.15) is 37.7 Å². The summed E-state index contributed by atoms with van der Waals surface area (Å²) >= 11 is 0. The maximum atomic E-state index is 13.2. The molecule has 0 atom stereocenters. The van der Waals surface area contributed by atoms with Crippen molar-refractivity contribution in [2.45, 2.75) is 32.1 Å². The van der Waals surface area contributed by atoms with Crippen molar-refractivity contribution in [1.82, 2.24) is 0 Å². The first-order chi connectivity index (χ1) is 8.68. The predicted molar refractivity (Wildman–Crippen MR) is 72.7 cm³/mol. The Balaban J connectivity index is 2.27. The average Bonchev–Trinajstić information content (AvgIpc) is 2.29. The number of nitrogen functional groups attached to an aromatic ring is 1. The molecule has 1 saturated heterocycles. The summed E-state index contributed by atoms with van der Waals surface area (Å²) < 4.78 is 13.2. The predicted octanol–water partition coefficient (Wildman–Crippen LogP) is 2.88. The van der Waals surface area contributed by atoms with E-state index in [1.807, 2.05) is 0 Å². The molecule has 3 nitrogen and oxygen atoms in total. The number of nitrogens with two attached hydrogens (primary N) is 1. The van der Waals surface area contributed by atoms with E-state index < -0.39 is 0 Å². The Kier molecular flexibility index (Phi) is 4.18. The van der Waals surface area contributed by atoms with E-state index in [2.05, 4.69) is 4.90 Å². The van der Waals surface area contributed by atoms with Crippen LogP contribution in [0.4, 0.5) is 10.1 Å². The maximum Gasteiger partial charge on any atom is 0.125 e. The van der Waals surface area contributed by atoms with Crippen LogP contribution in [0.25, 0.3) is 0 Å². The molecule has 3 N–H and O–H groups in total. The van der Waals surface area contributed by atoms with Crippen molar-refractivity contribution in [2.75, 3.05) is 18.0 Å². The molecule has 0 amide bonds. The Hall–Kier alpha value is -1.58. The molecule has 1 aliphatic rings. The van der Waals surface area contributed by atoms with Crippen LogP contribution in [0.5, 0.6) is 0 Å². The second-order valence-electron chi connectivity index (χ2n) is 4.83. The molecule has 1 fully saturated rings. The highest BCUT2D eigenvalue weighted by molar-refractivity contribution is 6.00. The summed E-state index contributed by atoms with van der Waals surface area (Å²) in [5, 5.41) is 7.57. The third kappa shape index (κ3) is 3.00. The summed E-state index contributed by atoms with van der Waals surface area (Å²) in [5.74, 6) is -0.400. The van der Waals surface area contributed by atoms with Gasteiger partial charge in [-0.3, -0.25) is 5.41 Å². The molecule has 98 valence electrons. The fraction of sp³-hybridized carbons (Fsp3) is 0.500. The summed E-state index contributed by atoms with van der Waals surface area (Å²) in [6.07, 6.45) is 6.08. The number of nitrogens with zero attached hydrogens (tertiary/aromatic N) is 1. The molecule has 0 radical (unpaired) electrons. The second kappa shape index (κ2) is 5.85. The lowest BCUT2D eigenvalue weighted by atomic mass is 10.1. The fourth-order valence-corrected chi connectivity index (χ4v) is 2.49. The summed E-state index contributed by atoms with van der Waals surface area (Å²) in [5.41, 5.74) is 6.95. The van der Waals surface area contributed by atoms with E-state index in [0.29, 0.717) is 5.56 Å². The number of amidine groups is 1. The third-order valence-electron chi connectivity index (χ3n) is 3.45. The molecular weight excluding hydrogens is 229 g/mol. The van der Waals surface area contributed by atoms with Gasteiger partial charge >= 0.3 is 0 Å². The van der Waals surface area contributed by atoms with Crippen LogP contribution in [0, 0.1) is 11.2 Å². The highest BCUT2D eigenvalue weighted by Crippen LogP contribution is 2.24. The molecule has 0 bridgehead atoms. The molecule has 1 aromatic rings. The van der Waals surface area contributed by atoms with Crippen LogP contribution in [0.2, 0.25) is 0 Å². The number of anilines is 1. The Bertz CT molecular complexity index is 423. The monoisotopic (exact) mass is 249 g/mol. The van der Waals surface area contributed by atoms with Gasteiger partial charge in [-0.15, -0.1) is 0 Å². The zero-order valence-corrected chi connectivity index (χ0v) is 10.6. The maximum absolute atomic E-state index is 13.2. The molecule has 18 heavy (non-hydrogen) atoms. The van der Waals surface area contributed by atoms with Gasteiger partial charge in [0.15, 0.2) is 0 Å². The summed E-state index contributed by atoms with van der Waals surface area (Å²) in [6, 6.07) is 4.55. The third-order valence-corrected chi connectivity index (χ3v) is 3.45. The van der Waals surface area contributed by atoms with Crippen molar-refractivity contribution < 1.29 is 4.39 Å². The smallest absolute Gasteiger partial charge is 0.125 e. The first-order valence-corrected chi connectivity index (χ1v) is 6.57. The lowest BCUT2D eigenvalue weighted by molar-refractivity contribution is 0.556. The number of hydrogen-bond donors (Lipinski definition) is 2. The van der Waals surface area contributed by atoms with Gasteiger partial charge in [-0.2, -0.15) is 0 Å². The SMILES string of the molecule is N=C(N)c1cc(F)ccc1N1CCCCCCC1. The molecule has 0 unspecified atom stereocenters. The van der Waals surface area contributed by atoms with Crippen LogP contribution < -0.4 is 10.6 Å². The van der Waals surface area contributed by atoms with Gasteiger partial charge in [0.1, 0.15) is 11.7 Å². The number of rotatable bonds is 2. The van der Waals surface area contributed by atoms with E-state index in [0.717, 1.165) is 31.6 Å². The van der Waals surface area contributed by atoms with E-state index in [-0.39, 0.29) is 11.7 Å². The van der Waals surface area contributed by atoms with Gasteiger partial charge in [0.2, 0.25) is 0 Å². The minimum Gasteiger partial charge on any atom is -0.384 e. The summed E-state index contributed by atoms with van der Waals surface area (Å²) in [6.45, 7) is 1.93. The lowest BCUT2D eigenvalue weighted by Gasteiger charge is -2.28. The van der Waals surface area contributed by atoms with Crippen molar-refractivity contribution in [3.05, 3.63) is 29.6 Å². The first kappa shape index (κ1) is 12.9. The van der Waals surface area contributed by atoms with Crippen LogP contribution in [-0.4, -0.2) is 18.9 Å². The second-order valence-corrected chi connectivity index (χ2v) is 4.83. The van der Waals surface area contributed by atoms with Crippen LogP contribution in [-0.2, 0) is 0 Å². The largest absolute Gasteiger partial charge is 0.384 e. The molecule has 0 spiro atoms. The van der Waals surface area contributed by atoms with Crippen LogP contribution >= 0.6 is 0 Å². The number of nitrogens with one attached hydrogen (secondary N) is 1. The molecule has 0 saturated carbocycles. The summed E-state index contributed by atoms with van der Waals surface area (Å²) in [4.78, 5) is 2.23. The highest BCUT2D eigenvalue weighted by atomic mass is 19.1. The van der Waals surface area contributed by atoms with Crippen molar-refractivity contribution in [3.8, 4) is 0 Å². The van der Waals surface area contributed by atoms with Crippen molar-refractivity contribution in [2.24, 2.45) is 5.73 Å². The van der Waals surface area contributed by atoms with E-state index in [1.54, 1.807) is 6.07 Å². The fourth-order valence-electron chi connectivity index (χ4n) is 2.49. The Morgan fingerprint density at radius 2 is 1.72 bits per heavy atom. The van der Waals surface area contributed by atoms with Gasteiger partial charge in [-0.1, -0.05) is 19.3 Å². The minimum atomic E-state index is -0.337. The number of benzene rings is 1. The van der Waals surface area contributed by atoms with E-state index in [4.69, 9.17) is 11.1 Å². The zero-order valence-electron chi connectivity index (χ0n) is 10.6. The van der Waals surface area contributed by atoms with E-state index in [1.165, 1.54) is 31.4 Å². The van der Waals surface area contributed by atoms with E-state index in [9.17, 15) is 4.39 Å². The highest BCUT2D eigenvalue weighted by Gasteiger charge is 2.15. The Morgan fingerprint density at radius 3 is 2.33 bits per heavy atom. The van der Waals surface area contributed by atoms with Crippen molar-refractivity contribution in [3.63, 3.8) is 0 Å². The Morgan fingerprint density at radius 1 is 1.11 bits per heavy atom. The van der Waals surface area contributed by atoms with Gasteiger partial charge in [0.25, 0.3) is 0 Å². The molecule has 0 aromatic heterocycles. The van der Waals surface area contributed by atoms with Gasteiger partial charge in [0, 0.05) is 24.3 Å². The summed E-state index contributed by atoms with van der Waals surface area (Å²) in [7, 11) is 0. The van der Waals surface area contributed by atoms with Crippen LogP contribution in [0.15, 0.2) is 18.2 Å². The van der Waals surface area contributed by atoms with Crippen LogP contribution in [0.3, 0.4) is 0 Å². The van der Waals surface area contributed by atoms with E-state index >= 15 is 0 Å². The molecule has 4 heteroatoms. The number of halogens is 1. The normalized spacial score (nSPS) is 17.1. The molecule has 2 rings (SSSR count). The zero-order chi connectivity index (χ0) is 13.0. The molecule has 1 heterocycles. The number of hydrogen-bond acceptors (Lipinski definition) is 2. The Labute approximate surface area is 107 Å². The van der Waals surface area contributed by atoms with Crippen molar-refractivity contribution >= 4 is 11.5 Å². The van der Waals surface area contributed by atoms with Gasteiger partial charge in [-0.05, 0) is 31.0 Å². The molecule has 1 aromatic carbocycles.